The minimum absolute atomic E-state index is 0.167. The maximum absolute atomic E-state index is 10.6. The Morgan fingerprint density at radius 2 is 1.67 bits per heavy atom. The molecule has 0 fully saturated rings. The highest BCUT2D eigenvalue weighted by Crippen LogP contribution is 2.08. The van der Waals surface area contributed by atoms with Gasteiger partial charge in [0.1, 0.15) is 0 Å². The third-order valence-electron chi connectivity index (χ3n) is 2.69. The third kappa shape index (κ3) is 7.37. The molecule has 0 aliphatic carbocycles. The Bertz CT molecular complexity index is 163. The normalized spacial score (nSPS) is 13.1. The molecule has 3 nitrogen and oxygen atoms in total. The van der Waals surface area contributed by atoms with Gasteiger partial charge in [-0.1, -0.05) is 26.7 Å². The van der Waals surface area contributed by atoms with Crippen molar-refractivity contribution in [1.29, 1.82) is 0 Å². The van der Waals surface area contributed by atoms with Crippen molar-refractivity contribution in [2.24, 2.45) is 0 Å². The van der Waals surface area contributed by atoms with Gasteiger partial charge < -0.3 is 10.0 Å². The number of hydrogen-bond acceptors (Lipinski definition) is 2. The van der Waals surface area contributed by atoms with Crippen LogP contribution < -0.4 is 0 Å². The summed E-state index contributed by atoms with van der Waals surface area (Å²) in [5, 5.41) is 8.76. The minimum atomic E-state index is -0.694. The van der Waals surface area contributed by atoms with Crippen molar-refractivity contribution in [2.75, 3.05) is 13.1 Å². The van der Waals surface area contributed by atoms with Crippen molar-refractivity contribution in [1.82, 2.24) is 4.90 Å². The molecule has 0 bridgehead atoms. The highest BCUT2D eigenvalue weighted by Gasteiger charge is 2.15. The molecular weight excluding hydrogens is 190 g/mol. The molecule has 0 spiro atoms. The van der Waals surface area contributed by atoms with E-state index < -0.39 is 5.97 Å². The summed E-state index contributed by atoms with van der Waals surface area (Å²) in [6, 6.07) is 0.167. The zero-order valence-corrected chi connectivity index (χ0v) is 10.3. The monoisotopic (exact) mass is 215 g/mol. The first-order valence-corrected chi connectivity index (χ1v) is 6.07. The first-order valence-electron chi connectivity index (χ1n) is 6.07. The molecule has 0 aromatic heterocycles. The van der Waals surface area contributed by atoms with Gasteiger partial charge in [-0.2, -0.15) is 0 Å². The lowest BCUT2D eigenvalue weighted by molar-refractivity contribution is -0.138. The molecule has 0 rings (SSSR count). The first kappa shape index (κ1) is 14.4. The number of carboxylic acid groups (broad SMARTS) is 1. The largest absolute Gasteiger partial charge is 0.481 e. The lowest BCUT2D eigenvalue weighted by atomic mass is 10.1. The van der Waals surface area contributed by atoms with Crippen molar-refractivity contribution >= 4 is 5.97 Å². The van der Waals surface area contributed by atoms with Crippen LogP contribution in [0.25, 0.3) is 0 Å². The van der Waals surface area contributed by atoms with Gasteiger partial charge in [0.05, 0.1) is 6.42 Å². The van der Waals surface area contributed by atoms with E-state index in [4.69, 9.17) is 5.11 Å². The van der Waals surface area contributed by atoms with Gasteiger partial charge in [0.2, 0.25) is 0 Å². The van der Waals surface area contributed by atoms with Gasteiger partial charge in [-0.05, 0) is 32.9 Å². The Kier molecular flexibility index (Phi) is 8.38. The van der Waals surface area contributed by atoms with Gasteiger partial charge in [-0.15, -0.1) is 0 Å². The molecule has 0 saturated carbocycles. The summed E-state index contributed by atoms with van der Waals surface area (Å²) in [4.78, 5) is 12.9. The van der Waals surface area contributed by atoms with E-state index in [2.05, 4.69) is 18.7 Å². The standard InChI is InChI=1S/C12H25NO2/c1-4-6-8-13(9-7-5-2)11(3)10-12(14)15/h11H,4-10H2,1-3H3,(H,14,15). The Morgan fingerprint density at radius 1 is 1.20 bits per heavy atom. The second kappa shape index (κ2) is 8.72. The number of hydrogen-bond donors (Lipinski definition) is 1. The fourth-order valence-corrected chi connectivity index (χ4v) is 1.66. The van der Waals surface area contributed by atoms with E-state index in [1.54, 1.807) is 0 Å². The van der Waals surface area contributed by atoms with Crippen molar-refractivity contribution in [3.8, 4) is 0 Å². The van der Waals surface area contributed by atoms with Crippen LogP contribution in [-0.2, 0) is 4.79 Å². The van der Waals surface area contributed by atoms with Crippen LogP contribution in [-0.4, -0.2) is 35.1 Å². The average Bonchev–Trinajstić information content (AvgIpc) is 2.17. The second-order valence-corrected chi connectivity index (χ2v) is 4.19. The smallest absolute Gasteiger partial charge is 0.304 e. The second-order valence-electron chi connectivity index (χ2n) is 4.19. The van der Waals surface area contributed by atoms with Crippen molar-refractivity contribution in [2.45, 2.75) is 58.9 Å². The fourth-order valence-electron chi connectivity index (χ4n) is 1.66. The number of aliphatic carboxylic acids is 1. The molecule has 0 heterocycles. The molecule has 0 aromatic carbocycles. The van der Waals surface area contributed by atoms with Crippen LogP contribution in [0.2, 0.25) is 0 Å². The summed E-state index contributed by atoms with van der Waals surface area (Å²) in [7, 11) is 0. The first-order chi connectivity index (χ1) is 7.11. The molecule has 1 unspecified atom stereocenters. The van der Waals surface area contributed by atoms with Gasteiger partial charge in [-0.3, -0.25) is 4.79 Å². The molecule has 1 N–H and O–H groups in total. The van der Waals surface area contributed by atoms with Crippen LogP contribution >= 0.6 is 0 Å². The number of carbonyl (C=O) groups is 1. The molecule has 90 valence electrons. The number of unbranched alkanes of at least 4 members (excludes halogenated alkanes) is 2. The highest BCUT2D eigenvalue weighted by molar-refractivity contribution is 5.67. The topological polar surface area (TPSA) is 40.5 Å². The van der Waals surface area contributed by atoms with Crippen molar-refractivity contribution in [3.05, 3.63) is 0 Å². The van der Waals surface area contributed by atoms with Crippen LogP contribution in [0, 0.1) is 0 Å². The van der Waals surface area contributed by atoms with Crippen LogP contribution in [0.5, 0.6) is 0 Å². The molecule has 1 atom stereocenters. The summed E-state index contributed by atoms with van der Waals surface area (Å²) in [6.45, 7) is 8.41. The van der Waals surface area contributed by atoms with E-state index in [-0.39, 0.29) is 12.5 Å². The Labute approximate surface area is 93.5 Å². The summed E-state index contributed by atoms with van der Waals surface area (Å²) in [5.41, 5.74) is 0. The Balaban J connectivity index is 4.00. The molecule has 0 saturated heterocycles. The van der Waals surface area contributed by atoms with E-state index in [0.717, 1.165) is 25.9 Å². The number of rotatable bonds is 9. The number of nitrogens with zero attached hydrogens (tertiary/aromatic N) is 1. The van der Waals surface area contributed by atoms with Crippen molar-refractivity contribution < 1.29 is 9.90 Å². The van der Waals surface area contributed by atoms with Gasteiger partial charge in [0, 0.05) is 6.04 Å². The summed E-state index contributed by atoms with van der Waals surface area (Å²) < 4.78 is 0. The number of carboxylic acids is 1. The van der Waals surface area contributed by atoms with Gasteiger partial charge in [0.15, 0.2) is 0 Å². The lowest BCUT2D eigenvalue weighted by Gasteiger charge is -2.27. The molecule has 0 aliphatic rings. The van der Waals surface area contributed by atoms with Gasteiger partial charge >= 0.3 is 5.97 Å². The summed E-state index contributed by atoms with van der Waals surface area (Å²) in [6.07, 6.45) is 4.92. The third-order valence-corrected chi connectivity index (χ3v) is 2.69. The zero-order chi connectivity index (χ0) is 11.7. The quantitative estimate of drug-likeness (QED) is 0.643. The van der Waals surface area contributed by atoms with E-state index >= 15 is 0 Å². The maximum Gasteiger partial charge on any atom is 0.304 e. The van der Waals surface area contributed by atoms with Crippen LogP contribution in [0.1, 0.15) is 52.9 Å². The Morgan fingerprint density at radius 3 is 2.00 bits per heavy atom. The van der Waals surface area contributed by atoms with Gasteiger partial charge in [0.25, 0.3) is 0 Å². The molecule has 15 heavy (non-hydrogen) atoms. The maximum atomic E-state index is 10.6. The molecular formula is C12H25NO2. The summed E-state index contributed by atoms with van der Waals surface area (Å²) >= 11 is 0. The van der Waals surface area contributed by atoms with Crippen LogP contribution in [0.15, 0.2) is 0 Å². The minimum Gasteiger partial charge on any atom is -0.481 e. The zero-order valence-electron chi connectivity index (χ0n) is 10.3. The molecule has 0 aromatic rings. The molecule has 0 amide bonds. The lowest BCUT2D eigenvalue weighted by Crippen LogP contribution is -2.36. The summed E-state index contributed by atoms with van der Waals surface area (Å²) in [5.74, 6) is -0.694. The molecule has 0 radical (unpaired) electrons. The van der Waals surface area contributed by atoms with E-state index in [1.165, 1.54) is 12.8 Å². The van der Waals surface area contributed by atoms with Gasteiger partial charge in [-0.25, -0.2) is 0 Å². The van der Waals surface area contributed by atoms with Crippen LogP contribution in [0.3, 0.4) is 0 Å². The highest BCUT2D eigenvalue weighted by atomic mass is 16.4. The molecule has 0 aliphatic heterocycles. The van der Waals surface area contributed by atoms with Crippen molar-refractivity contribution in [3.63, 3.8) is 0 Å². The van der Waals surface area contributed by atoms with E-state index in [1.807, 2.05) is 6.92 Å². The SMILES string of the molecule is CCCCN(CCCC)C(C)CC(=O)O. The fraction of sp³-hybridized carbons (Fsp3) is 0.917. The van der Waals surface area contributed by atoms with E-state index in [0.29, 0.717) is 0 Å². The van der Waals surface area contributed by atoms with E-state index in [9.17, 15) is 4.79 Å². The Hall–Kier alpha value is -0.570. The predicted octanol–water partition coefficient (Wildman–Crippen LogP) is 2.75. The average molecular weight is 215 g/mol. The van der Waals surface area contributed by atoms with Crippen LogP contribution in [0.4, 0.5) is 0 Å². The predicted molar refractivity (Wildman–Crippen MR) is 63.1 cm³/mol. The molecule has 3 heteroatoms.